The van der Waals surface area contributed by atoms with E-state index in [1.807, 2.05) is 22.9 Å². The van der Waals surface area contributed by atoms with Crippen molar-refractivity contribution >= 4 is 29.0 Å². The standard InChI is InChI=1S/C16H16N4O2/c1-10(21)17-15-9-16-19(6-7-20(16)18-15)12-3-4-13-11(8-12)2-5-14(13)22/h3-4,8-9H,2,5-7H2,1H3,(H,17,18,21). The number of carbonyl (C=O) groups is 2. The molecule has 2 aliphatic rings. The first-order chi connectivity index (χ1) is 10.6. The predicted molar refractivity (Wildman–Crippen MR) is 82.6 cm³/mol. The monoisotopic (exact) mass is 296 g/mol. The van der Waals surface area contributed by atoms with Gasteiger partial charge in [0.15, 0.2) is 11.6 Å². The van der Waals surface area contributed by atoms with Gasteiger partial charge in [-0.3, -0.25) is 9.59 Å². The lowest BCUT2D eigenvalue weighted by Crippen LogP contribution is -2.14. The number of hydrogen-bond donors (Lipinski definition) is 1. The van der Waals surface area contributed by atoms with Crippen molar-refractivity contribution in [3.05, 3.63) is 35.4 Å². The number of ketones is 1. The number of carbonyl (C=O) groups excluding carboxylic acids is 2. The molecule has 1 aliphatic heterocycles. The molecule has 0 atom stereocenters. The second kappa shape index (κ2) is 4.69. The van der Waals surface area contributed by atoms with Gasteiger partial charge in [-0.2, -0.15) is 5.10 Å². The zero-order valence-corrected chi connectivity index (χ0v) is 12.3. The molecule has 112 valence electrons. The summed E-state index contributed by atoms with van der Waals surface area (Å²) in [5, 5.41) is 7.09. The van der Waals surface area contributed by atoms with Crippen LogP contribution in [0.4, 0.5) is 17.3 Å². The number of fused-ring (bicyclic) bond motifs is 2. The van der Waals surface area contributed by atoms with Crippen LogP contribution in [0.15, 0.2) is 24.3 Å². The van der Waals surface area contributed by atoms with Gasteiger partial charge in [0.1, 0.15) is 5.82 Å². The van der Waals surface area contributed by atoms with E-state index >= 15 is 0 Å². The molecule has 4 rings (SSSR count). The first-order valence-corrected chi connectivity index (χ1v) is 7.41. The lowest BCUT2D eigenvalue weighted by atomic mass is 10.1. The fraction of sp³-hybridized carbons (Fsp3) is 0.312. The summed E-state index contributed by atoms with van der Waals surface area (Å²) in [6.07, 6.45) is 1.44. The largest absolute Gasteiger partial charge is 0.325 e. The first-order valence-electron chi connectivity index (χ1n) is 7.41. The Morgan fingerprint density at radius 2 is 2.09 bits per heavy atom. The van der Waals surface area contributed by atoms with Gasteiger partial charge >= 0.3 is 0 Å². The minimum absolute atomic E-state index is 0.126. The van der Waals surface area contributed by atoms with Gasteiger partial charge in [-0.25, -0.2) is 4.68 Å². The molecule has 22 heavy (non-hydrogen) atoms. The zero-order valence-electron chi connectivity index (χ0n) is 12.3. The molecular formula is C16H16N4O2. The maximum absolute atomic E-state index is 11.7. The molecule has 0 radical (unpaired) electrons. The van der Waals surface area contributed by atoms with Crippen molar-refractivity contribution in [3.63, 3.8) is 0 Å². The third-order valence-electron chi connectivity index (χ3n) is 4.20. The maximum atomic E-state index is 11.7. The first kappa shape index (κ1) is 13.1. The van der Waals surface area contributed by atoms with Crippen molar-refractivity contribution < 1.29 is 9.59 Å². The molecular weight excluding hydrogens is 280 g/mol. The van der Waals surface area contributed by atoms with Crippen LogP contribution in [0.5, 0.6) is 0 Å². The Morgan fingerprint density at radius 1 is 1.23 bits per heavy atom. The van der Waals surface area contributed by atoms with Gasteiger partial charge in [0.2, 0.25) is 5.91 Å². The Balaban J connectivity index is 1.67. The number of aromatic nitrogens is 2. The van der Waals surface area contributed by atoms with E-state index in [0.29, 0.717) is 12.2 Å². The number of benzene rings is 1. The summed E-state index contributed by atoms with van der Waals surface area (Å²) in [4.78, 5) is 25.0. The van der Waals surface area contributed by atoms with Crippen LogP contribution in [0.2, 0.25) is 0 Å². The van der Waals surface area contributed by atoms with Gasteiger partial charge in [-0.05, 0) is 30.2 Å². The Morgan fingerprint density at radius 3 is 2.91 bits per heavy atom. The number of amides is 1. The second-order valence-corrected chi connectivity index (χ2v) is 5.71. The van der Waals surface area contributed by atoms with E-state index in [9.17, 15) is 9.59 Å². The Bertz CT molecular complexity index is 793. The molecule has 0 unspecified atom stereocenters. The predicted octanol–water partition coefficient (Wildman–Crippen LogP) is 2.12. The van der Waals surface area contributed by atoms with Gasteiger partial charge in [0.05, 0.1) is 6.54 Å². The average molecular weight is 296 g/mol. The molecule has 0 saturated heterocycles. The summed E-state index contributed by atoms with van der Waals surface area (Å²) in [5.41, 5.74) is 3.06. The van der Waals surface area contributed by atoms with E-state index in [2.05, 4.69) is 21.4 Å². The van der Waals surface area contributed by atoms with E-state index in [0.717, 1.165) is 42.1 Å². The molecule has 0 fully saturated rings. The van der Waals surface area contributed by atoms with Crippen molar-refractivity contribution in [2.75, 3.05) is 16.8 Å². The summed E-state index contributed by atoms with van der Waals surface area (Å²) in [7, 11) is 0. The topological polar surface area (TPSA) is 67.2 Å². The van der Waals surface area contributed by atoms with Crippen LogP contribution >= 0.6 is 0 Å². The highest BCUT2D eigenvalue weighted by atomic mass is 16.1. The molecule has 1 amide bonds. The van der Waals surface area contributed by atoms with E-state index < -0.39 is 0 Å². The SMILES string of the molecule is CC(=O)Nc1cc2n(n1)CCN2c1ccc2c(c1)CCC2=O. The summed E-state index contributed by atoms with van der Waals surface area (Å²) in [5.74, 6) is 1.65. The van der Waals surface area contributed by atoms with Crippen molar-refractivity contribution in [1.29, 1.82) is 0 Å². The molecule has 1 aliphatic carbocycles. The Kier molecular flexibility index (Phi) is 2.79. The summed E-state index contributed by atoms with van der Waals surface area (Å²) in [6.45, 7) is 3.10. The molecule has 6 heteroatoms. The van der Waals surface area contributed by atoms with Crippen LogP contribution in [-0.2, 0) is 17.8 Å². The van der Waals surface area contributed by atoms with E-state index in [1.54, 1.807) is 0 Å². The zero-order chi connectivity index (χ0) is 15.3. The van der Waals surface area contributed by atoms with Crippen LogP contribution < -0.4 is 10.2 Å². The Labute approximate surface area is 127 Å². The molecule has 0 saturated carbocycles. The maximum Gasteiger partial charge on any atom is 0.222 e. The smallest absolute Gasteiger partial charge is 0.222 e. The Hall–Kier alpha value is -2.63. The van der Waals surface area contributed by atoms with E-state index in [4.69, 9.17) is 0 Å². The van der Waals surface area contributed by atoms with Gasteiger partial charge in [0, 0.05) is 37.2 Å². The minimum Gasteiger partial charge on any atom is -0.325 e. The van der Waals surface area contributed by atoms with Gasteiger partial charge in [-0.15, -0.1) is 0 Å². The second-order valence-electron chi connectivity index (χ2n) is 5.71. The third-order valence-corrected chi connectivity index (χ3v) is 4.20. The van der Waals surface area contributed by atoms with Crippen molar-refractivity contribution in [3.8, 4) is 0 Å². The minimum atomic E-state index is -0.126. The van der Waals surface area contributed by atoms with Crippen molar-refractivity contribution in [2.24, 2.45) is 0 Å². The van der Waals surface area contributed by atoms with Crippen LogP contribution in [-0.4, -0.2) is 28.0 Å². The molecule has 0 bridgehead atoms. The number of hydrogen-bond acceptors (Lipinski definition) is 4. The quantitative estimate of drug-likeness (QED) is 0.922. The normalized spacial score (nSPS) is 15.9. The van der Waals surface area contributed by atoms with E-state index in [1.165, 1.54) is 6.92 Å². The summed E-state index contributed by atoms with van der Waals surface area (Å²) >= 11 is 0. The van der Waals surface area contributed by atoms with Gasteiger partial charge in [0.25, 0.3) is 0 Å². The molecule has 1 aromatic heterocycles. The molecule has 2 aromatic rings. The molecule has 0 spiro atoms. The highest BCUT2D eigenvalue weighted by Gasteiger charge is 2.25. The number of rotatable bonds is 2. The van der Waals surface area contributed by atoms with Gasteiger partial charge in [-0.1, -0.05) is 0 Å². The lowest BCUT2D eigenvalue weighted by Gasteiger charge is -2.18. The summed E-state index contributed by atoms with van der Waals surface area (Å²) < 4.78 is 1.89. The van der Waals surface area contributed by atoms with Crippen molar-refractivity contribution in [1.82, 2.24) is 9.78 Å². The number of aryl methyl sites for hydroxylation is 1. The highest BCUT2D eigenvalue weighted by Crippen LogP contribution is 2.34. The van der Waals surface area contributed by atoms with Crippen LogP contribution in [0.3, 0.4) is 0 Å². The van der Waals surface area contributed by atoms with Crippen LogP contribution in [0, 0.1) is 0 Å². The van der Waals surface area contributed by atoms with Crippen LogP contribution in [0.1, 0.15) is 29.3 Å². The fourth-order valence-corrected chi connectivity index (χ4v) is 3.21. The summed E-state index contributed by atoms with van der Waals surface area (Å²) in [6, 6.07) is 7.89. The highest BCUT2D eigenvalue weighted by molar-refractivity contribution is 6.01. The van der Waals surface area contributed by atoms with Crippen LogP contribution in [0.25, 0.3) is 0 Å². The number of anilines is 3. The molecule has 1 N–H and O–H groups in total. The van der Waals surface area contributed by atoms with Gasteiger partial charge < -0.3 is 10.2 Å². The van der Waals surface area contributed by atoms with E-state index in [-0.39, 0.29) is 11.7 Å². The average Bonchev–Trinajstić information content (AvgIpc) is 3.12. The number of nitrogens with zero attached hydrogens (tertiary/aromatic N) is 3. The molecule has 6 nitrogen and oxygen atoms in total. The van der Waals surface area contributed by atoms with Crippen molar-refractivity contribution in [2.45, 2.75) is 26.3 Å². The molecule has 1 aromatic carbocycles. The number of Topliss-reactive ketones (excluding diaryl/α,β-unsaturated/α-hetero) is 1. The molecule has 2 heterocycles. The number of nitrogens with one attached hydrogen (secondary N) is 1. The fourth-order valence-electron chi connectivity index (χ4n) is 3.21. The third kappa shape index (κ3) is 1.99. The lowest BCUT2D eigenvalue weighted by molar-refractivity contribution is -0.114.